The summed E-state index contributed by atoms with van der Waals surface area (Å²) < 4.78 is 38.5. The van der Waals surface area contributed by atoms with E-state index in [1.54, 1.807) is 6.92 Å². The summed E-state index contributed by atoms with van der Waals surface area (Å²) in [5.41, 5.74) is 5.49. The maximum absolute atomic E-state index is 12.9. The van der Waals surface area contributed by atoms with E-state index in [1.807, 2.05) is 6.92 Å². The Hall–Kier alpha value is -1.56. The van der Waals surface area contributed by atoms with Gasteiger partial charge in [0.1, 0.15) is 0 Å². The molecule has 0 aromatic heterocycles. The van der Waals surface area contributed by atoms with Crippen LogP contribution in [0.1, 0.15) is 20.3 Å². The Labute approximate surface area is 103 Å². The first-order valence-electron chi connectivity index (χ1n) is 5.57. The quantitative estimate of drug-likeness (QED) is 0.817. The lowest BCUT2D eigenvalue weighted by atomic mass is 9.99. The normalized spacial score (nSPS) is 14.1. The Morgan fingerprint density at radius 3 is 2.28 bits per heavy atom. The van der Waals surface area contributed by atoms with E-state index in [0.717, 1.165) is 0 Å². The minimum Gasteiger partial charge on any atom is -0.325 e. The molecule has 2 atom stereocenters. The number of hydrogen-bond donors (Lipinski definition) is 2. The predicted octanol–water partition coefficient (Wildman–Crippen LogP) is 2.42. The summed E-state index contributed by atoms with van der Waals surface area (Å²) in [7, 11) is 0. The molecule has 0 aliphatic rings. The van der Waals surface area contributed by atoms with E-state index in [1.165, 1.54) is 0 Å². The number of benzene rings is 1. The molecule has 0 unspecified atom stereocenters. The molecule has 0 saturated heterocycles. The number of carbonyl (C=O) groups excluding carboxylic acids is 1. The van der Waals surface area contributed by atoms with Gasteiger partial charge in [-0.2, -0.15) is 0 Å². The van der Waals surface area contributed by atoms with Crippen LogP contribution in [0.5, 0.6) is 0 Å². The van der Waals surface area contributed by atoms with E-state index >= 15 is 0 Å². The molecule has 1 aromatic carbocycles. The first-order valence-corrected chi connectivity index (χ1v) is 5.57. The Balaban J connectivity index is 2.82. The molecule has 3 N–H and O–H groups in total. The van der Waals surface area contributed by atoms with Crippen LogP contribution in [0, 0.1) is 23.4 Å². The number of hydrogen-bond acceptors (Lipinski definition) is 2. The standard InChI is InChI=1S/C12H15F3N2O/c1-3-6(2)11(16)12(18)17-7-4-8(13)10(15)9(14)5-7/h4-6,11H,3,16H2,1-2H3,(H,17,18)/t6-,11-/m0/s1. The minimum absolute atomic E-state index is 0.0693. The smallest absolute Gasteiger partial charge is 0.241 e. The second-order valence-corrected chi connectivity index (χ2v) is 4.15. The molecule has 6 heteroatoms. The average molecular weight is 260 g/mol. The number of anilines is 1. The highest BCUT2D eigenvalue weighted by atomic mass is 19.2. The average Bonchev–Trinajstić information content (AvgIpc) is 2.33. The van der Waals surface area contributed by atoms with Crippen LogP contribution in [0.25, 0.3) is 0 Å². The lowest BCUT2D eigenvalue weighted by molar-refractivity contribution is -0.118. The maximum Gasteiger partial charge on any atom is 0.241 e. The van der Waals surface area contributed by atoms with Gasteiger partial charge in [-0.15, -0.1) is 0 Å². The molecule has 1 amide bonds. The van der Waals surface area contributed by atoms with Crippen molar-refractivity contribution in [3.05, 3.63) is 29.6 Å². The fourth-order valence-electron chi connectivity index (χ4n) is 1.37. The van der Waals surface area contributed by atoms with Crippen molar-refractivity contribution in [2.75, 3.05) is 5.32 Å². The second-order valence-electron chi connectivity index (χ2n) is 4.15. The van der Waals surface area contributed by atoms with E-state index in [-0.39, 0.29) is 11.6 Å². The molecule has 100 valence electrons. The van der Waals surface area contributed by atoms with Gasteiger partial charge >= 0.3 is 0 Å². The third-order valence-electron chi connectivity index (χ3n) is 2.81. The highest BCUT2D eigenvalue weighted by Gasteiger charge is 2.20. The first kappa shape index (κ1) is 14.5. The van der Waals surface area contributed by atoms with Crippen molar-refractivity contribution in [1.29, 1.82) is 0 Å². The molecule has 18 heavy (non-hydrogen) atoms. The highest BCUT2D eigenvalue weighted by Crippen LogP contribution is 2.18. The predicted molar refractivity (Wildman–Crippen MR) is 62.4 cm³/mol. The van der Waals surface area contributed by atoms with E-state index in [2.05, 4.69) is 5.32 Å². The van der Waals surface area contributed by atoms with Crippen molar-refractivity contribution in [1.82, 2.24) is 0 Å². The molecule has 0 aliphatic heterocycles. The van der Waals surface area contributed by atoms with E-state index in [9.17, 15) is 18.0 Å². The van der Waals surface area contributed by atoms with Gasteiger partial charge in [0.15, 0.2) is 17.5 Å². The van der Waals surface area contributed by atoms with Gasteiger partial charge in [-0.1, -0.05) is 20.3 Å². The van der Waals surface area contributed by atoms with Crippen LogP contribution in [0.4, 0.5) is 18.9 Å². The molecule has 0 heterocycles. The summed E-state index contributed by atoms with van der Waals surface area (Å²) in [6.07, 6.45) is 0.695. The number of nitrogens with one attached hydrogen (secondary N) is 1. The van der Waals surface area contributed by atoms with Crippen LogP contribution in [0.2, 0.25) is 0 Å². The summed E-state index contributed by atoms with van der Waals surface area (Å²) >= 11 is 0. The fourth-order valence-corrected chi connectivity index (χ4v) is 1.37. The van der Waals surface area contributed by atoms with Gasteiger partial charge in [0.2, 0.25) is 5.91 Å². The van der Waals surface area contributed by atoms with Gasteiger partial charge < -0.3 is 11.1 Å². The van der Waals surface area contributed by atoms with Crippen LogP contribution in [-0.4, -0.2) is 11.9 Å². The molecular weight excluding hydrogens is 245 g/mol. The SMILES string of the molecule is CC[C@H](C)[C@H](N)C(=O)Nc1cc(F)c(F)c(F)c1. The summed E-state index contributed by atoms with van der Waals surface area (Å²) in [6, 6.07) is 0.630. The van der Waals surface area contributed by atoms with Crippen LogP contribution in [-0.2, 0) is 4.79 Å². The summed E-state index contributed by atoms with van der Waals surface area (Å²) in [5.74, 6) is -4.92. The van der Waals surface area contributed by atoms with Crippen molar-refractivity contribution < 1.29 is 18.0 Å². The van der Waals surface area contributed by atoms with Gasteiger partial charge in [-0.3, -0.25) is 4.79 Å². The third-order valence-corrected chi connectivity index (χ3v) is 2.81. The lowest BCUT2D eigenvalue weighted by Gasteiger charge is -2.17. The van der Waals surface area contributed by atoms with Crippen molar-refractivity contribution in [2.24, 2.45) is 11.7 Å². The van der Waals surface area contributed by atoms with Crippen molar-refractivity contribution in [3.63, 3.8) is 0 Å². The zero-order valence-electron chi connectivity index (χ0n) is 10.1. The van der Waals surface area contributed by atoms with Gasteiger partial charge in [-0.05, 0) is 5.92 Å². The lowest BCUT2D eigenvalue weighted by Crippen LogP contribution is -2.40. The molecule has 0 bridgehead atoms. The number of rotatable bonds is 4. The van der Waals surface area contributed by atoms with Crippen LogP contribution < -0.4 is 11.1 Å². The molecular formula is C12H15F3N2O. The molecule has 3 nitrogen and oxygen atoms in total. The largest absolute Gasteiger partial charge is 0.325 e. The molecule has 0 radical (unpaired) electrons. The summed E-state index contributed by atoms with van der Waals surface area (Å²) in [5, 5.41) is 2.26. The Kier molecular flexibility index (Phi) is 4.72. The Morgan fingerprint density at radius 2 is 1.83 bits per heavy atom. The van der Waals surface area contributed by atoms with Crippen molar-refractivity contribution in [3.8, 4) is 0 Å². The number of halogens is 3. The van der Waals surface area contributed by atoms with E-state index in [4.69, 9.17) is 5.73 Å². The zero-order valence-corrected chi connectivity index (χ0v) is 10.1. The number of carbonyl (C=O) groups is 1. The highest BCUT2D eigenvalue weighted by molar-refractivity contribution is 5.94. The van der Waals surface area contributed by atoms with Crippen LogP contribution in [0.15, 0.2) is 12.1 Å². The van der Waals surface area contributed by atoms with E-state index < -0.39 is 29.4 Å². The Morgan fingerprint density at radius 1 is 1.33 bits per heavy atom. The van der Waals surface area contributed by atoms with Gasteiger partial charge in [0.25, 0.3) is 0 Å². The van der Waals surface area contributed by atoms with Crippen LogP contribution in [0.3, 0.4) is 0 Å². The third kappa shape index (κ3) is 3.22. The topological polar surface area (TPSA) is 55.1 Å². The van der Waals surface area contributed by atoms with Crippen LogP contribution >= 0.6 is 0 Å². The molecule has 0 aliphatic carbocycles. The molecule has 1 rings (SSSR count). The number of nitrogens with two attached hydrogens (primary N) is 1. The maximum atomic E-state index is 12.9. The second kappa shape index (κ2) is 5.86. The monoisotopic (exact) mass is 260 g/mol. The zero-order chi connectivity index (χ0) is 13.9. The van der Waals surface area contributed by atoms with Gasteiger partial charge in [-0.25, -0.2) is 13.2 Å². The molecule has 0 fully saturated rings. The number of amides is 1. The molecule has 0 spiro atoms. The summed E-state index contributed by atoms with van der Waals surface area (Å²) in [4.78, 5) is 11.6. The molecule has 1 aromatic rings. The van der Waals surface area contributed by atoms with Gasteiger partial charge in [0, 0.05) is 17.8 Å². The van der Waals surface area contributed by atoms with Crippen molar-refractivity contribution in [2.45, 2.75) is 26.3 Å². The summed E-state index contributed by atoms with van der Waals surface area (Å²) in [6.45, 7) is 3.66. The van der Waals surface area contributed by atoms with Gasteiger partial charge in [0.05, 0.1) is 6.04 Å². The fraction of sp³-hybridized carbons (Fsp3) is 0.417. The van der Waals surface area contributed by atoms with Crippen molar-refractivity contribution >= 4 is 11.6 Å². The minimum atomic E-state index is -1.57. The molecule has 0 saturated carbocycles. The Bertz CT molecular complexity index is 428. The first-order chi connectivity index (χ1) is 8.36. The van der Waals surface area contributed by atoms with E-state index in [0.29, 0.717) is 18.6 Å².